The van der Waals surface area contributed by atoms with Crippen molar-refractivity contribution in [2.75, 3.05) is 7.05 Å². The van der Waals surface area contributed by atoms with Crippen LogP contribution < -0.4 is 0 Å². The van der Waals surface area contributed by atoms with Gasteiger partial charge in [0.1, 0.15) is 0 Å². The average molecular weight is 223 g/mol. The van der Waals surface area contributed by atoms with E-state index in [1.807, 2.05) is 0 Å². The van der Waals surface area contributed by atoms with Crippen LogP contribution in [0, 0.1) is 5.92 Å². The van der Waals surface area contributed by atoms with Gasteiger partial charge in [-0.1, -0.05) is 39.2 Å². The first-order valence-corrected chi connectivity index (χ1v) is 7.13. The number of hydrogen-bond donors (Lipinski definition) is 0. The predicted octanol–water partition coefficient (Wildman–Crippen LogP) is 4.59. The highest BCUT2D eigenvalue weighted by Gasteiger charge is 2.22. The lowest BCUT2D eigenvalue weighted by molar-refractivity contribution is 0.211. The van der Waals surface area contributed by atoms with Crippen LogP contribution in [0.3, 0.4) is 0 Å². The summed E-state index contributed by atoms with van der Waals surface area (Å²) in [6.07, 6.45) is 12.0. The molecule has 1 heteroatoms. The molecule has 1 saturated carbocycles. The fraction of sp³-hybridized carbons (Fsp3) is 0.867. The van der Waals surface area contributed by atoms with Gasteiger partial charge in [0.15, 0.2) is 0 Å². The van der Waals surface area contributed by atoms with Crippen LogP contribution >= 0.6 is 0 Å². The molecule has 0 heterocycles. The molecule has 0 aromatic heterocycles. The molecule has 0 saturated heterocycles. The first-order valence-electron chi connectivity index (χ1n) is 7.13. The van der Waals surface area contributed by atoms with Crippen molar-refractivity contribution in [3.05, 3.63) is 11.8 Å². The van der Waals surface area contributed by atoms with E-state index in [9.17, 15) is 0 Å². The summed E-state index contributed by atoms with van der Waals surface area (Å²) in [5.41, 5.74) is 1.58. The van der Waals surface area contributed by atoms with E-state index < -0.39 is 0 Å². The molecule has 16 heavy (non-hydrogen) atoms. The fourth-order valence-electron chi connectivity index (χ4n) is 3.11. The van der Waals surface area contributed by atoms with Crippen molar-refractivity contribution in [1.29, 1.82) is 0 Å². The van der Waals surface area contributed by atoms with Gasteiger partial charge in [-0.15, -0.1) is 0 Å². The molecule has 94 valence electrons. The Morgan fingerprint density at radius 3 is 2.19 bits per heavy atom. The molecule has 0 radical (unpaired) electrons. The topological polar surface area (TPSA) is 3.24 Å². The molecule has 1 rings (SSSR count). The second-order valence-electron chi connectivity index (χ2n) is 5.13. The Morgan fingerprint density at radius 1 is 1.19 bits per heavy atom. The Bertz CT molecular complexity index is 209. The minimum atomic E-state index is 0.761. The van der Waals surface area contributed by atoms with E-state index in [0.717, 1.165) is 12.0 Å². The van der Waals surface area contributed by atoms with Crippen LogP contribution in [-0.4, -0.2) is 18.0 Å². The Balaban J connectivity index is 2.64. The van der Waals surface area contributed by atoms with Gasteiger partial charge in [0.25, 0.3) is 0 Å². The summed E-state index contributed by atoms with van der Waals surface area (Å²) in [4.78, 5) is 2.58. The van der Waals surface area contributed by atoms with Crippen molar-refractivity contribution >= 4 is 0 Å². The molecule has 0 aromatic rings. The first kappa shape index (κ1) is 13.6. The van der Waals surface area contributed by atoms with Gasteiger partial charge in [0, 0.05) is 18.8 Å². The summed E-state index contributed by atoms with van der Waals surface area (Å²) >= 11 is 0. The first-order chi connectivity index (χ1) is 7.74. The number of rotatable bonds is 5. The minimum Gasteiger partial charge on any atom is -0.375 e. The summed E-state index contributed by atoms with van der Waals surface area (Å²) in [6, 6.07) is 0.806. The molecule has 0 aliphatic heterocycles. The zero-order chi connectivity index (χ0) is 12.0. The van der Waals surface area contributed by atoms with E-state index in [1.54, 1.807) is 5.70 Å². The number of allylic oxidation sites excluding steroid dienone is 2. The summed E-state index contributed by atoms with van der Waals surface area (Å²) < 4.78 is 0. The number of nitrogens with zero attached hydrogens (tertiary/aromatic N) is 1. The molecule has 0 amide bonds. The maximum absolute atomic E-state index is 2.58. The average Bonchev–Trinajstić information content (AvgIpc) is 2.36. The van der Waals surface area contributed by atoms with Gasteiger partial charge in [0.2, 0.25) is 0 Å². The highest BCUT2D eigenvalue weighted by molar-refractivity contribution is 5.05. The summed E-state index contributed by atoms with van der Waals surface area (Å²) in [6.45, 7) is 6.83. The highest BCUT2D eigenvalue weighted by atomic mass is 15.1. The van der Waals surface area contributed by atoms with Crippen LogP contribution in [0.15, 0.2) is 11.8 Å². The van der Waals surface area contributed by atoms with Crippen molar-refractivity contribution in [3.63, 3.8) is 0 Å². The highest BCUT2D eigenvalue weighted by Crippen LogP contribution is 2.29. The second-order valence-corrected chi connectivity index (χ2v) is 5.13. The lowest BCUT2D eigenvalue weighted by Gasteiger charge is -2.37. The van der Waals surface area contributed by atoms with Crippen LogP contribution in [0.25, 0.3) is 0 Å². The van der Waals surface area contributed by atoms with Crippen molar-refractivity contribution in [1.82, 2.24) is 4.90 Å². The van der Waals surface area contributed by atoms with Gasteiger partial charge < -0.3 is 4.90 Å². The van der Waals surface area contributed by atoms with Crippen LogP contribution in [0.5, 0.6) is 0 Å². The lowest BCUT2D eigenvalue weighted by atomic mass is 9.91. The molecule has 0 spiro atoms. The third-order valence-electron chi connectivity index (χ3n) is 4.23. The molecule has 1 nitrogen and oxygen atoms in total. The maximum atomic E-state index is 2.58. The summed E-state index contributed by atoms with van der Waals surface area (Å²) in [5, 5.41) is 0. The largest absolute Gasteiger partial charge is 0.375 e. The smallest absolute Gasteiger partial charge is 0.0283 e. The van der Waals surface area contributed by atoms with E-state index in [1.165, 1.54) is 44.9 Å². The molecular weight excluding hydrogens is 194 g/mol. The molecule has 0 N–H and O–H groups in total. The van der Waals surface area contributed by atoms with Crippen LogP contribution in [-0.2, 0) is 0 Å². The predicted molar refractivity (Wildman–Crippen MR) is 72.5 cm³/mol. The van der Waals surface area contributed by atoms with Gasteiger partial charge >= 0.3 is 0 Å². The van der Waals surface area contributed by atoms with Crippen molar-refractivity contribution in [3.8, 4) is 0 Å². The van der Waals surface area contributed by atoms with Crippen molar-refractivity contribution < 1.29 is 0 Å². The van der Waals surface area contributed by atoms with Crippen molar-refractivity contribution in [2.24, 2.45) is 5.92 Å². The van der Waals surface area contributed by atoms with Gasteiger partial charge in [-0.2, -0.15) is 0 Å². The molecule has 0 aromatic carbocycles. The van der Waals surface area contributed by atoms with E-state index in [-0.39, 0.29) is 0 Å². The van der Waals surface area contributed by atoms with Gasteiger partial charge in [-0.3, -0.25) is 0 Å². The van der Waals surface area contributed by atoms with Crippen LogP contribution in [0.1, 0.15) is 65.7 Å². The van der Waals surface area contributed by atoms with Crippen molar-refractivity contribution in [2.45, 2.75) is 71.8 Å². The van der Waals surface area contributed by atoms with E-state index in [2.05, 4.69) is 38.8 Å². The Hall–Kier alpha value is -0.460. The van der Waals surface area contributed by atoms with Crippen LogP contribution in [0.4, 0.5) is 0 Å². The zero-order valence-corrected chi connectivity index (χ0v) is 11.6. The molecule has 1 aliphatic carbocycles. The lowest BCUT2D eigenvalue weighted by Crippen LogP contribution is -2.35. The number of hydrogen-bond acceptors (Lipinski definition) is 1. The van der Waals surface area contributed by atoms with Gasteiger partial charge in [-0.25, -0.2) is 0 Å². The monoisotopic (exact) mass is 223 g/mol. The summed E-state index contributed by atoms with van der Waals surface area (Å²) in [7, 11) is 2.31. The molecule has 0 bridgehead atoms. The quantitative estimate of drug-likeness (QED) is 0.659. The maximum Gasteiger partial charge on any atom is 0.0283 e. The van der Waals surface area contributed by atoms with E-state index in [0.29, 0.717) is 0 Å². The van der Waals surface area contributed by atoms with Gasteiger partial charge in [-0.05, 0) is 38.5 Å². The molecule has 1 aliphatic rings. The second kappa shape index (κ2) is 6.98. The normalized spacial score (nSPS) is 19.2. The molecule has 1 fully saturated rings. The molecule has 0 unspecified atom stereocenters. The summed E-state index contributed by atoms with van der Waals surface area (Å²) in [5.74, 6) is 0.761. The van der Waals surface area contributed by atoms with E-state index in [4.69, 9.17) is 0 Å². The SMILES string of the molecule is C/C=C(/C(CC)CC)N(C)C1CCCCC1. The Kier molecular flexibility index (Phi) is 5.94. The van der Waals surface area contributed by atoms with Gasteiger partial charge in [0.05, 0.1) is 0 Å². The Morgan fingerprint density at radius 2 is 1.75 bits per heavy atom. The third-order valence-corrected chi connectivity index (χ3v) is 4.23. The third kappa shape index (κ3) is 3.26. The Labute approximate surface area is 102 Å². The fourth-order valence-corrected chi connectivity index (χ4v) is 3.11. The standard InChI is InChI=1S/C15H29N/c1-5-13(6-2)15(7-3)16(4)14-11-9-8-10-12-14/h7,13-14H,5-6,8-12H2,1-4H3/b15-7-. The van der Waals surface area contributed by atoms with E-state index >= 15 is 0 Å². The zero-order valence-electron chi connectivity index (χ0n) is 11.6. The molecular formula is C15H29N. The molecule has 0 atom stereocenters. The van der Waals surface area contributed by atoms with Crippen LogP contribution in [0.2, 0.25) is 0 Å². The minimum absolute atomic E-state index is 0.761.